The number of alkyl halides is 1. The van der Waals surface area contributed by atoms with Gasteiger partial charge in [0.25, 0.3) is 0 Å². The third kappa shape index (κ3) is 5.23. The fourth-order valence-electron chi connectivity index (χ4n) is 4.34. The lowest BCUT2D eigenvalue weighted by Crippen LogP contribution is -2.55. The third-order valence-electron chi connectivity index (χ3n) is 5.96. The van der Waals surface area contributed by atoms with Crippen molar-refractivity contribution < 1.29 is 4.79 Å². The number of nitrogens with zero attached hydrogens (tertiary/aromatic N) is 2. The molecule has 0 spiro atoms. The normalized spacial score (nSPS) is 27.6. The van der Waals surface area contributed by atoms with Crippen LogP contribution in [0.4, 0.5) is 5.95 Å². The van der Waals surface area contributed by atoms with Crippen molar-refractivity contribution in [1.82, 2.24) is 15.3 Å². The highest BCUT2D eigenvalue weighted by molar-refractivity contribution is 7.98. The zero-order valence-corrected chi connectivity index (χ0v) is 18.1. The number of carbonyl (C=O) groups is 1. The summed E-state index contributed by atoms with van der Waals surface area (Å²) < 4.78 is 0. The smallest absolute Gasteiger partial charge is 0.225 e. The summed E-state index contributed by atoms with van der Waals surface area (Å²) >= 11 is 8.05. The summed E-state index contributed by atoms with van der Waals surface area (Å²) in [7, 11) is 0. The molecule has 1 aromatic carbocycles. The number of anilines is 1. The highest BCUT2D eigenvalue weighted by atomic mass is 35.5. The van der Waals surface area contributed by atoms with Crippen molar-refractivity contribution in [2.45, 2.75) is 60.8 Å². The zero-order valence-electron chi connectivity index (χ0n) is 16.6. The zero-order chi connectivity index (χ0) is 20.2. The summed E-state index contributed by atoms with van der Waals surface area (Å²) in [6, 6.07) is 12.5. The van der Waals surface area contributed by atoms with Crippen LogP contribution in [0.1, 0.15) is 38.2 Å². The molecule has 2 aliphatic rings. The van der Waals surface area contributed by atoms with E-state index in [0.29, 0.717) is 11.9 Å². The molecule has 2 aromatic rings. The van der Waals surface area contributed by atoms with Gasteiger partial charge >= 0.3 is 0 Å². The van der Waals surface area contributed by atoms with Crippen LogP contribution in [0.25, 0.3) is 0 Å². The molecule has 5 nitrogen and oxygen atoms in total. The second-order valence-corrected chi connectivity index (χ2v) is 9.67. The van der Waals surface area contributed by atoms with Gasteiger partial charge in [-0.05, 0) is 50.2 Å². The van der Waals surface area contributed by atoms with Crippen molar-refractivity contribution in [3.8, 4) is 0 Å². The summed E-state index contributed by atoms with van der Waals surface area (Å²) in [5.74, 6) is 1.94. The van der Waals surface area contributed by atoms with Crippen LogP contribution < -0.4 is 10.6 Å². The molecule has 1 amide bonds. The van der Waals surface area contributed by atoms with Gasteiger partial charge in [0.05, 0.1) is 5.92 Å². The molecule has 0 bridgehead atoms. The predicted octanol–water partition coefficient (Wildman–Crippen LogP) is 4.48. The molecular formula is C22H27ClN4OS. The van der Waals surface area contributed by atoms with E-state index in [9.17, 15) is 4.79 Å². The molecule has 29 heavy (non-hydrogen) atoms. The number of nitrogens with one attached hydrogen (secondary N) is 2. The van der Waals surface area contributed by atoms with Gasteiger partial charge in [-0.1, -0.05) is 30.3 Å². The van der Waals surface area contributed by atoms with Crippen LogP contribution in [-0.4, -0.2) is 33.3 Å². The Bertz CT molecular complexity index is 837. The molecule has 2 N–H and O–H groups in total. The van der Waals surface area contributed by atoms with E-state index in [4.69, 9.17) is 11.6 Å². The molecule has 0 radical (unpaired) electrons. The molecule has 1 aromatic heterocycles. The molecule has 1 saturated carbocycles. The first kappa shape index (κ1) is 20.5. The number of piperidine rings is 1. The molecule has 1 aliphatic carbocycles. The molecule has 4 rings (SSSR count). The van der Waals surface area contributed by atoms with E-state index in [1.165, 1.54) is 5.56 Å². The summed E-state index contributed by atoms with van der Waals surface area (Å²) in [6.07, 6.45) is 5.60. The highest BCUT2D eigenvalue weighted by Gasteiger charge is 2.41. The summed E-state index contributed by atoms with van der Waals surface area (Å²) in [4.78, 5) is 21.6. The predicted molar refractivity (Wildman–Crippen MR) is 118 cm³/mol. The molecule has 1 aliphatic heterocycles. The van der Waals surface area contributed by atoms with Crippen LogP contribution in [-0.2, 0) is 10.5 Å². The SMILES string of the molecule is C[C@H](Nc1nccc(SCc2ccccc2)n1)C1CC2CC(Cl)CCC2NC1=O. The van der Waals surface area contributed by atoms with Crippen LogP contribution in [0, 0.1) is 11.8 Å². The van der Waals surface area contributed by atoms with E-state index in [1.54, 1.807) is 18.0 Å². The van der Waals surface area contributed by atoms with Gasteiger partial charge in [-0.25, -0.2) is 9.97 Å². The van der Waals surface area contributed by atoms with Gasteiger partial charge in [0, 0.05) is 29.4 Å². The molecule has 154 valence electrons. The quantitative estimate of drug-likeness (QED) is 0.401. The Morgan fingerprint density at radius 3 is 2.90 bits per heavy atom. The van der Waals surface area contributed by atoms with Gasteiger partial charge in [0.2, 0.25) is 11.9 Å². The van der Waals surface area contributed by atoms with Crippen molar-refractivity contribution >= 4 is 35.2 Å². The maximum absolute atomic E-state index is 12.7. The number of thioether (sulfide) groups is 1. The van der Waals surface area contributed by atoms with Gasteiger partial charge in [-0.3, -0.25) is 4.79 Å². The van der Waals surface area contributed by atoms with Crippen LogP contribution in [0.5, 0.6) is 0 Å². The number of hydrogen-bond acceptors (Lipinski definition) is 5. The second-order valence-electron chi connectivity index (χ2n) is 8.05. The number of aromatic nitrogens is 2. The van der Waals surface area contributed by atoms with E-state index in [2.05, 4.69) is 32.7 Å². The molecule has 2 fully saturated rings. The van der Waals surface area contributed by atoms with Crippen molar-refractivity contribution in [3.63, 3.8) is 0 Å². The Kier molecular flexibility index (Phi) is 6.60. The minimum atomic E-state index is -0.0950. The largest absolute Gasteiger partial charge is 0.353 e. The topological polar surface area (TPSA) is 66.9 Å². The summed E-state index contributed by atoms with van der Waals surface area (Å²) in [6.45, 7) is 2.04. The fraction of sp³-hybridized carbons (Fsp3) is 0.500. The fourth-order valence-corrected chi connectivity index (χ4v) is 5.51. The van der Waals surface area contributed by atoms with E-state index < -0.39 is 0 Å². The van der Waals surface area contributed by atoms with Gasteiger partial charge in [0.15, 0.2) is 0 Å². The average Bonchev–Trinajstić information content (AvgIpc) is 2.73. The number of rotatable bonds is 6. The van der Waals surface area contributed by atoms with Gasteiger partial charge < -0.3 is 10.6 Å². The van der Waals surface area contributed by atoms with Gasteiger partial charge in [0.1, 0.15) is 5.03 Å². The molecule has 1 saturated heterocycles. The lowest BCUT2D eigenvalue weighted by atomic mass is 9.74. The monoisotopic (exact) mass is 430 g/mol. The first-order chi connectivity index (χ1) is 14.1. The summed E-state index contributed by atoms with van der Waals surface area (Å²) in [5, 5.41) is 7.73. The van der Waals surface area contributed by atoms with Crippen molar-refractivity contribution in [2.24, 2.45) is 11.8 Å². The summed E-state index contributed by atoms with van der Waals surface area (Å²) in [5.41, 5.74) is 1.26. The molecular weight excluding hydrogens is 404 g/mol. The number of amides is 1. The van der Waals surface area contributed by atoms with E-state index in [-0.39, 0.29) is 29.3 Å². The van der Waals surface area contributed by atoms with Crippen LogP contribution >= 0.6 is 23.4 Å². The number of halogens is 1. The first-order valence-corrected chi connectivity index (χ1v) is 11.7. The number of carbonyl (C=O) groups excluding carboxylic acids is 1. The lowest BCUT2D eigenvalue weighted by Gasteiger charge is -2.42. The molecule has 2 heterocycles. The van der Waals surface area contributed by atoms with E-state index >= 15 is 0 Å². The first-order valence-electron chi connectivity index (χ1n) is 10.3. The van der Waals surface area contributed by atoms with Gasteiger partial charge in [-0.2, -0.15) is 0 Å². The van der Waals surface area contributed by atoms with Crippen LogP contribution in [0.2, 0.25) is 0 Å². The van der Waals surface area contributed by atoms with Crippen molar-refractivity contribution in [3.05, 3.63) is 48.2 Å². The van der Waals surface area contributed by atoms with Crippen LogP contribution in [0.3, 0.4) is 0 Å². The van der Waals surface area contributed by atoms with E-state index in [0.717, 1.165) is 36.5 Å². The third-order valence-corrected chi connectivity index (χ3v) is 7.36. The lowest BCUT2D eigenvalue weighted by molar-refractivity contribution is -0.130. The van der Waals surface area contributed by atoms with E-state index in [1.807, 2.05) is 31.2 Å². The van der Waals surface area contributed by atoms with Crippen LogP contribution in [0.15, 0.2) is 47.6 Å². The number of benzene rings is 1. The highest BCUT2D eigenvalue weighted by Crippen LogP contribution is 2.36. The Hall–Kier alpha value is -1.79. The number of fused-ring (bicyclic) bond motifs is 1. The van der Waals surface area contributed by atoms with Gasteiger partial charge in [-0.15, -0.1) is 23.4 Å². The molecule has 4 unspecified atom stereocenters. The second kappa shape index (κ2) is 9.35. The minimum Gasteiger partial charge on any atom is -0.353 e. The average molecular weight is 431 g/mol. The minimum absolute atomic E-state index is 0.0407. The molecule has 5 atom stereocenters. The Morgan fingerprint density at radius 1 is 1.24 bits per heavy atom. The maximum atomic E-state index is 12.7. The Balaban J connectivity index is 1.36. The van der Waals surface area contributed by atoms with Crippen molar-refractivity contribution in [2.75, 3.05) is 5.32 Å². The molecule has 7 heteroatoms. The standard InChI is InChI=1S/C22H27ClN4OS/c1-14(18-12-16-11-17(23)7-8-19(16)26-21(18)28)25-22-24-10-9-20(27-22)29-13-15-5-3-2-4-6-15/h2-6,9-10,14,16-19H,7-8,11-13H2,1H3,(H,26,28)(H,24,25,27)/t14-,16?,17?,18?,19?/m0/s1. The maximum Gasteiger partial charge on any atom is 0.225 e. The van der Waals surface area contributed by atoms with Crippen molar-refractivity contribution in [1.29, 1.82) is 0 Å². The Morgan fingerprint density at radius 2 is 2.07 bits per heavy atom. The Labute approximate surface area is 181 Å². The number of hydrogen-bond donors (Lipinski definition) is 2.